The molecule has 0 aliphatic carbocycles. The van der Waals surface area contributed by atoms with Crippen LogP contribution in [0.2, 0.25) is 0 Å². The van der Waals surface area contributed by atoms with E-state index in [1.807, 2.05) is 0 Å². The van der Waals surface area contributed by atoms with E-state index in [2.05, 4.69) is 64.2 Å². The summed E-state index contributed by atoms with van der Waals surface area (Å²) < 4.78 is 5.91. The standard InChI is InChI=1S/C17H29NO/c1-6-7-8-15-9-11-16(12-10-15)19-14(2)13-18-17(3,4)5/h9-12,14,18H,6-8,13H2,1-5H3. The van der Waals surface area contributed by atoms with Crippen molar-refractivity contribution in [3.05, 3.63) is 29.8 Å². The Bertz CT molecular complexity index is 351. The van der Waals surface area contributed by atoms with Gasteiger partial charge in [-0.2, -0.15) is 0 Å². The van der Waals surface area contributed by atoms with Crippen molar-refractivity contribution in [2.75, 3.05) is 6.54 Å². The number of hydrogen-bond donors (Lipinski definition) is 1. The van der Waals surface area contributed by atoms with Crippen LogP contribution in [0.15, 0.2) is 24.3 Å². The lowest BCUT2D eigenvalue weighted by Gasteiger charge is -2.24. The molecule has 108 valence electrons. The third-order valence-corrected chi connectivity index (χ3v) is 3.00. The van der Waals surface area contributed by atoms with Gasteiger partial charge in [0.2, 0.25) is 0 Å². The molecule has 1 N–H and O–H groups in total. The summed E-state index contributed by atoms with van der Waals surface area (Å²) in [5.41, 5.74) is 1.54. The number of hydrogen-bond acceptors (Lipinski definition) is 2. The summed E-state index contributed by atoms with van der Waals surface area (Å²) in [4.78, 5) is 0. The van der Waals surface area contributed by atoms with Crippen LogP contribution in [0.3, 0.4) is 0 Å². The highest BCUT2D eigenvalue weighted by atomic mass is 16.5. The lowest BCUT2D eigenvalue weighted by Crippen LogP contribution is -2.41. The van der Waals surface area contributed by atoms with Crippen molar-refractivity contribution < 1.29 is 4.74 Å². The molecular formula is C17H29NO. The maximum atomic E-state index is 5.91. The van der Waals surface area contributed by atoms with Gasteiger partial charge in [-0.1, -0.05) is 25.5 Å². The third-order valence-electron chi connectivity index (χ3n) is 3.00. The summed E-state index contributed by atoms with van der Waals surface area (Å²) >= 11 is 0. The molecule has 2 heteroatoms. The molecule has 0 amide bonds. The summed E-state index contributed by atoms with van der Waals surface area (Å²) in [5.74, 6) is 0.962. The van der Waals surface area contributed by atoms with Gasteiger partial charge in [-0.15, -0.1) is 0 Å². The van der Waals surface area contributed by atoms with Gasteiger partial charge in [0.25, 0.3) is 0 Å². The Labute approximate surface area is 118 Å². The van der Waals surface area contributed by atoms with Gasteiger partial charge in [-0.05, 0) is 58.2 Å². The van der Waals surface area contributed by atoms with Crippen molar-refractivity contribution in [3.63, 3.8) is 0 Å². The van der Waals surface area contributed by atoms with Crippen LogP contribution in [0.4, 0.5) is 0 Å². The van der Waals surface area contributed by atoms with Gasteiger partial charge in [0.15, 0.2) is 0 Å². The van der Waals surface area contributed by atoms with Gasteiger partial charge in [0.05, 0.1) is 0 Å². The number of aryl methyl sites for hydroxylation is 1. The molecule has 0 radical (unpaired) electrons. The van der Waals surface area contributed by atoms with Crippen molar-refractivity contribution in [1.82, 2.24) is 5.32 Å². The summed E-state index contributed by atoms with van der Waals surface area (Å²) in [6.45, 7) is 11.7. The van der Waals surface area contributed by atoms with E-state index < -0.39 is 0 Å². The monoisotopic (exact) mass is 263 g/mol. The van der Waals surface area contributed by atoms with Crippen LogP contribution < -0.4 is 10.1 Å². The molecule has 1 aromatic carbocycles. The van der Waals surface area contributed by atoms with E-state index in [9.17, 15) is 0 Å². The minimum Gasteiger partial charge on any atom is -0.489 e. The second-order valence-electron chi connectivity index (χ2n) is 6.31. The van der Waals surface area contributed by atoms with Gasteiger partial charge in [0.1, 0.15) is 11.9 Å². The zero-order valence-corrected chi connectivity index (χ0v) is 13.1. The van der Waals surface area contributed by atoms with Crippen LogP contribution in [0.1, 0.15) is 53.0 Å². The van der Waals surface area contributed by atoms with E-state index in [-0.39, 0.29) is 11.6 Å². The first-order chi connectivity index (χ1) is 8.90. The van der Waals surface area contributed by atoms with E-state index in [1.54, 1.807) is 0 Å². The average molecular weight is 263 g/mol. The number of benzene rings is 1. The van der Waals surface area contributed by atoms with Crippen LogP contribution in [0, 0.1) is 0 Å². The van der Waals surface area contributed by atoms with Gasteiger partial charge in [-0.25, -0.2) is 0 Å². The maximum absolute atomic E-state index is 5.91. The number of ether oxygens (including phenoxy) is 1. The second kappa shape index (κ2) is 7.54. The largest absolute Gasteiger partial charge is 0.489 e. The molecule has 0 aliphatic rings. The number of nitrogens with one attached hydrogen (secondary N) is 1. The highest BCUT2D eigenvalue weighted by Gasteiger charge is 2.11. The van der Waals surface area contributed by atoms with Crippen LogP contribution in [-0.4, -0.2) is 18.2 Å². The van der Waals surface area contributed by atoms with Gasteiger partial charge in [0, 0.05) is 12.1 Å². The Balaban J connectivity index is 2.40. The molecule has 0 aliphatic heterocycles. The average Bonchev–Trinajstić information content (AvgIpc) is 2.35. The lowest BCUT2D eigenvalue weighted by atomic mass is 10.1. The topological polar surface area (TPSA) is 21.3 Å². The molecule has 0 spiro atoms. The molecule has 0 fully saturated rings. The van der Waals surface area contributed by atoms with Crippen LogP contribution in [0.25, 0.3) is 0 Å². The molecule has 19 heavy (non-hydrogen) atoms. The predicted molar refractivity (Wildman–Crippen MR) is 82.9 cm³/mol. The first-order valence-corrected chi connectivity index (χ1v) is 7.41. The normalized spacial score (nSPS) is 13.3. The minimum absolute atomic E-state index is 0.141. The van der Waals surface area contributed by atoms with E-state index in [4.69, 9.17) is 4.74 Å². The predicted octanol–water partition coefficient (Wildman–Crippen LogP) is 4.18. The Hall–Kier alpha value is -1.02. The molecule has 1 rings (SSSR count). The Kier molecular flexibility index (Phi) is 6.36. The van der Waals surface area contributed by atoms with E-state index in [1.165, 1.54) is 18.4 Å². The van der Waals surface area contributed by atoms with Crippen molar-refractivity contribution in [2.24, 2.45) is 0 Å². The van der Waals surface area contributed by atoms with Gasteiger partial charge in [-0.3, -0.25) is 0 Å². The fraction of sp³-hybridized carbons (Fsp3) is 0.647. The summed E-state index contributed by atoms with van der Waals surface area (Å²) in [6, 6.07) is 8.51. The first-order valence-electron chi connectivity index (χ1n) is 7.41. The maximum Gasteiger partial charge on any atom is 0.119 e. The fourth-order valence-electron chi connectivity index (χ4n) is 1.84. The first kappa shape index (κ1) is 16.0. The minimum atomic E-state index is 0.141. The zero-order valence-electron chi connectivity index (χ0n) is 13.1. The van der Waals surface area contributed by atoms with Crippen LogP contribution in [0.5, 0.6) is 5.75 Å². The fourth-order valence-corrected chi connectivity index (χ4v) is 1.84. The van der Waals surface area contributed by atoms with Crippen molar-refractivity contribution >= 4 is 0 Å². The van der Waals surface area contributed by atoms with E-state index in [0.29, 0.717) is 0 Å². The third kappa shape index (κ3) is 7.22. The molecule has 1 aromatic rings. The summed E-state index contributed by atoms with van der Waals surface area (Å²) in [6.07, 6.45) is 3.85. The highest BCUT2D eigenvalue weighted by molar-refractivity contribution is 5.27. The Morgan fingerprint density at radius 2 is 1.79 bits per heavy atom. The van der Waals surface area contributed by atoms with Crippen LogP contribution >= 0.6 is 0 Å². The molecule has 1 atom stereocenters. The molecular weight excluding hydrogens is 234 g/mol. The van der Waals surface area contributed by atoms with E-state index in [0.717, 1.165) is 18.7 Å². The molecule has 0 bridgehead atoms. The Morgan fingerprint density at radius 3 is 2.32 bits per heavy atom. The molecule has 1 unspecified atom stereocenters. The molecule has 2 nitrogen and oxygen atoms in total. The lowest BCUT2D eigenvalue weighted by molar-refractivity contribution is 0.203. The van der Waals surface area contributed by atoms with Crippen molar-refractivity contribution in [1.29, 1.82) is 0 Å². The van der Waals surface area contributed by atoms with Gasteiger partial charge >= 0.3 is 0 Å². The van der Waals surface area contributed by atoms with Crippen molar-refractivity contribution in [3.8, 4) is 5.75 Å². The summed E-state index contributed by atoms with van der Waals surface area (Å²) in [5, 5.41) is 3.46. The molecule has 0 heterocycles. The quantitative estimate of drug-likeness (QED) is 0.796. The summed E-state index contributed by atoms with van der Waals surface area (Å²) in [7, 11) is 0. The van der Waals surface area contributed by atoms with Gasteiger partial charge < -0.3 is 10.1 Å². The van der Waals surface area contributed by atoms with Crippen LogP contribution in [-0.2, 0) is 6.42 Å². The highest BCUT2D eigenvalue weighted by Crippen LogP contribution is 2.15. The Morgan fingerprint density at radius 1 is 1.16 bits per heavy atom. The molecule has 0 aromatic heterocycles. The zero-order chi connectivity index (χ0) is 14.3. The number of rotatable bonds is 7. The molecule has 0 saturated carbocycles. The molecule has 0 saturated heterocycles. The second-order valence-corrected chi connectivity index (χ2v) is 6.31. The number of unbranched alkanes of at least 4 members (excludes halogenated alkanes) is 1. The van der Waals surface area contributed by atoms with Crippen molar-refractivity contribution in [2.45, 2.75) is 65.5 Å². The van der Waals surface area contributed by atoms with E-state index >= 15 is 0 Å². The smallest absolute Gasteiger partial charge is 0.119 e. The SMILES string of the molecule is CCCCc1ccc(OC(C)CNC(C)(C)C)cc1.